The highest BCUT2D eigenvalue weighted by Gasteiger charge is 2.38. The second-order valence-corrected chi connectivity index (χ2v) is 6.14. The molecule has 4 unspecified atom stereocenters. The van der Waals surface area contributed by atoms with Crippen LogP contribution >= 0.6 is 0 Å². The van der Waals surface area contributed by atoms with E-state index in [1.54, 1.807) is 0 Å². The fourth-order valence-electron chi connectivity index (χ4n) is 3.91. The molecule has 114 valence electrons. The Hall–Kier alpha value is -1.56. The van der Waals surface area contributed by atoms with Crippen LogP contribution in [0.25, 0.3) is 0 Å². The number of nitrogens with zero attached hydrogens (tertiary/aromatic N) is 3. The van der Waals surface area contributed by atoms with Gasteiger partial charge in [0.1, 0.15) is 5.82 Å². The van der Waals surface area contributed by atoms with Gasteiger partial charge in [-0.3, -0.25) is 0 Å². The zero-order valence-corrected chi connectivity index (χ0v) is 13.7. The maximum Gasteiger partial charge on any atom is 0.105 e. The molecule has 0 aliphatic heterocycles. The quantitative estimate of drug-likeness (QED) is 0.755. The molecule has 0 radical (unpaired) electrons. The van der Waals surface area contributed by atoms with E-state index < -0.39 is 0 Å². The van der Waals surface area contributed by atoms with Crippen molar-refractivity contribution in [1.29, 1.82) is 5.26 Å². The van der Waals surface area contributed by atoms with Crippen LogP contribution in [0.4, 0.5) is 0 Å². The molecular weight excluding hydrogens is 258 g/mol. The molecule has 1 aromatic rings. The van der Waals surface area contributed by atoms with Crippen molar-refractivity contribution < 1.29 is 0 Å². The summed E-state index contributed by atoms with van der Waals surface area (Å²) in [5, 5.41) is 9.64. The van der Waals surface area contributed by atoms with Crippen LogP contribution in [0.3, 0.4) is 0 Å². The average molecular weight is 285 g/mol. The zero-order chi connectivity index (χ0) is 15.4. The summed E-state index contributed by atoms with van der Waals surface area (Å²) in [5.74, 6) is 2.74. The molecule has 4 atom stereocenters. The third-order valence-electron chi connectivity index (χ3n) is 5.18. The summed E-state index contributed by atoms with van der Waals surface area (Å²) in [6.45, 7) is 9.71. The van der Waals surface area contributed by atoms with Gasteiger partial charge < -0.3 is 4.57 Å². The van der Waals surface area contributed by atoms with Crippen molar-refractivity contribution in [3.63, 3.8) is 0 Å². The number of aryl methyl sites for hydroxylation is 1. The van der Waals surface area contributed by atoms with Crippen LogP contribution in [0.2, 0.25) is 0 Å². The van der Waals surface area contributed by atoms with E-state index in [0.717, 1.165) is 31.6 Å². The van der Waals surface area contributed by atoms with E-state index >= 15 is 0 Å². The first-order chi connectivity index (χ1) is 10.2. The molecule has 1 aromatic heterocycles. The van der Waals surface area contributed by atoms with Gasteiger partial charge >= 0.3 is 0 Å². The predicted molar refractivity (Wildman–Crippen MR) is 85.5 cm³/mol. The van der Waals surface area contributed by atoms with Gasteiger partial charge in [-0.05, 0) is 37.5 Å². The molecule has 3 nitrogen and oxygen atoms in total. The van der Waals surface area contributed by atoms with Gasteiger partial charge in [-0.2, -0.15) is 5.26 Å². The summed E-state index contributed by atoms with van der Waals surface area (Å²) in [7, 11) is 0. The summed E-state index contributed by atoms with van der Waals surface area (Å²) >= 11 is 0. The van der Waals surface area contributed by atoms with E-state index in [9.17, 15) is 5.26 Å². The van der Waals surface area contributed by atoms with Crippen molar-refractivity contribution in [2.75, 3.05) is 0 Å². The SMILES string of the molecule is CCC1=CC(CC)C(Cn2ccnc2C)C(CC)C1C#N. The van der Waals surface area contributed by atoms with E-state index in [2.05, 4.69) is 55.6 Å². The summed E-state index contributed by atoms with van der Waals surface area (Å²) in [4.78, 5) is 4.34. The van der Waals surface area contributed by atoms with Gasteiger partial charge in [-0.15, -0.1) is 0 Å². The Balaban J connectivity index is 2.34. The molecule has 0 bridgehead atoms. The molecule has 1 aliphatic carbocycles. The van der Waals surface area contributed by atoms with Crippen molar-refractivity contribution >= 4 is 0 Å². The van der Waals surface area contributed by atoms with Crippen LogP contribution in [0.5, 0.6) is 0 Å². The van der Waals surface area contributed by atoms with Crippen molar-refractivity contribution in [1.82, 2.24) is 9.55 Å². The largest absolute Gasteiger partial charge is 0.335 e. The number of imidazole rings is 1. The Morgan fingerprint density at radius 3 is 2.48 bits per heavy atom. The van der Waals surface area contributed by atoms with E-state index in [1.165, 1.54) is 5.57 Å². The highest BCUT2D eigenvalue weighted by atomic mass is 15.1. The predicted octanol–water partition coefficient (Wildman–Crippen LogP) is 4.35. The maximum atomic E-state index is 9.64. The summed E-state index contributed by atoms with van der Waals surface area (Å²) in [6.07, 6.45) is 9.56. The molecule has 0 spiro atoms. The third kappa shape index (κ3) is 3.05. The highest BCUT2D eigenvalue weighted by molar-refractivity contribution is 5.22. The van der Waals surface area contributed by atoms with Crippen molar-refractivity contribution in [2.24, 2.45) is 23.7 Å². The topological polar surface area (TPSA) is 41.6 Å². The fraction of sp³-hybridized carbons (Fsp3) is 0.667. The first-order valence-electron chi connectivity index (χ1n) is 8.24. The summed E-state index contributed by atoms with van der Waals surface area (Å²) in [5.41, 5.74) is 1.36. The Bertz CT molecular complexity index is 535. The van der Waals surface area contributed by atoms with Gasteiger partial charge in [0.2, 0.25) is 0 Å². The van der Waals surface area contributed by atoms with Crippen molar-refractivity contribution in [3.8, 4) is 6.07 Å². The number of allylic oxidation sites excluding steroid dienone is 2. The molecule has 0 N–H and O–H groups in total. The lowest BCUT2D eigenvalue weighted by Gasteiger charge is -2.40. The second-order valence-electron chi connectivity index (χ2n) is 6.14. The minimum absolute atomic E-state index is 0.0941. The highest BCUT2D eigenvalue weighted by Crippen LogP contribution is 2.43. The van der Waals surface area contributed by atoms with Gasteiger partial charge in [0.15, 0.2) is 0 Å². The summed E-state index contributed by atoms with van der Waals surface area (Å²) < 4.78 is 2.25. The summed E-state index contributed by atoms with van der Waals surface area (Å²) in [6, 6.07) is 2.58. The lowest BCUT2D eigenvalue weighted by Crippen LogP contribution is -2.36. The minimum atomic E-state index is 0.0941. The molecule has 0 aromatic carbocycles. The number of nitriles is 1. The Labute approximate surface area is 128 Å². The van der Waals surface area contributed by atoms with Crippen LogP contribution in [-0.2, 0) is 6.54 Å². The van der Waals surface area contributed by atoms with Gasteiger partial charge in [0.05, 0.1) is 12.0 Å². The van der Waals surface area contributed by atoms with Crippen LogP contribution in [0.1, 0.15) is 45.9 Å². The van der Waals surface area contributed by atoms with Crippen molar-refractivity contribution in [2.45, 2.75) is 53.5 Å². The van der Waals surface area contributed by atoms with E-state index in [4.69, 9.17) is 0 Å². The number of hydrogen-bond acceptors (Lipinski definition) is 2. The second kappa shape index (κ2) is 6.93. The first kappa shape index (κ1) is 15.8. The Morgan fingerprint density at radius 2 is 2.00 bits per heavy atom. The van der Waals surface area contributed by atoms with Gasteiger partial charge in [-0.25, -0.2) is 4.98 Å². The molecule has 1 heterocycles. The Morgan fingerprint density at radius 1 is 1.24 bits per heavy atom. The Kier molecular flexibility index (Phi) is 5.22. The molecular formula is C18H27N3. The zero-order valence-electron chi connectivity index (χ0n) is 13.7. The van der Waals surface area contributed by atoms with Crippen LogP contribution in [0, 0.1) is 41.9 Å². The molecule has 3 heteroatoms. The average Bonchev–Trinajstić information content (AvgIpc) is 2.91. The lowest BCUT2D eigenvalue weighted by molar-refractivity contribution is 0.171. The van der Waals surface area contributed by atoms with E-state index in [-0.39, 0.29) is 5.92 Å². The van der Waals surface area contributed by atoms with Crippen LogP contribution in [-0.4, -0.2) is 9.55 Å². The number of rotatable bonds is 5. The first-order valence-corrected chi connectivity index (χ1v) is 8.24. The molecule has 21 heavy (non-hydrogen) atoms. The van der Waals surface area contributed by atoms with E-state index in [1.807, 2.05) is 6.20 Å². The van der Waals surface area contributed by atoms with Gasteiger partial charge in [-0.1, -0.05) is 38.8 Å². The minimum Gasteiger partial charge on any atom is -0.335 e. The molecule has 0 amide bonds. The monoisotopic (exact) mass is 285 g/mol. The fourth-order valence-corrected chi connectivity index (χ4v) is 3.91. The molecule has 2 rings (SSSR count). The van der Waals surface area contributed by atoms with E-state index in [0.29, 0.717) is 17.8 Å². The molecule has 0 saturated carbocycles. The smallest absolute Gasteiger partial charge is 0.105 e. The molecule has 0 fully saturated rings. The normalized spacial score (nSPS) is 29.0. The van der Waals surface area contributed by atoms with Crippen LogP contribution < -0.4 is 0 Å². The maximum absolute atomic E-state index is 9.64. The van der Waals surface area contributed by atoms with Gasteiger partial charge in [0.25, 0.3) is 0 Å². The standard InChI is InChI=1S/C18H27N3/c1-5-14-10-15(6-2)18(16(7-3)17(14)11-19)12-21-9-8-20-13(21)4/h8-10,15-18H,5-7,12H2,1-4H3. The molecule has 0 saturated heterocycles. The molecule has 1 aliphatic rings. The third-order valence-corrected chi connectivity index (χ3v) is 5.18. The number of aromatic nitrogens is 2. The lowest BCUT2D eigenvalue weighted by atomic mass is 9.65. The van der Waals surface area contributed by atoms with Crippen molar-refractivity contribution in [3.05, 3.63) is 29.9 Å². The number of hydrogen-bond donors (Lipinski definition) is 0. The van der Waals surface area contributed by atoms with Gasteiger partial charge in [0, 0.05) is 18.9 Å². The van der Waals surface area contributed by atoms with Crippen LogP contribution in [0.15, 0.2) is 24.0 Å².